The van der Waals surface area contributed by atoms with Crippen molar-refractivity contribution in [2.45, 2.75) is 53.4 Å². The molecule has 140 valence electrons. The summed E-state index contributed by atoms with van der Waals surface area (Å²) in [5.74, 6) is 0.0492. The quantitative estimate of drug-likeness (QED) is 0.790. The van der Waals surface area contributed by atoms with Gasteiger partial charge >= 0.3 is 0 Å². The highest BCUT2D eigenvalue weighted by Crippen LogP contribution is 2.31. The predicted molar refractivity (Wildman–Crippen MR) is 102 cm³/mol. The van der Waals surface area contributed by atoms with Crippen LogP contribution in [-0.2, 0) is 9.59 Å². The molecular formula is C20H27N3O3. The maximum Gasteiger partial charge on any atom is 0.271 e. The van der Waals surface area contributed by atoms with Gasteiger partial charge in [0.1, 0.15) is 5.78 Å². The lowest BCUT2D eigenvalue weighted by Gasteiger charge is -2.28. The van der Waals surface area contributed by atoms with Crippen LogP contribution in [-0.4, -0.2) is 23.3 Å². The van der Waals surface area contributed by atoms with Crippen molar-refractivity contribution in [2.24, 2.45) is 16.4 Å². The number of Topliss-reactive ketones (excluding diaryl/α,β-unsaturated/α-hetero) is 1. The minimum Gasteiger partial charge on any atom is -0.326 e. The van der Waals surface area contributed by atoms with Gasteiger partial charge in [-0.25, -0.2) is 5.43 Å². The minimum atomic E-state index is -0.339. The van der Waals surface area contributed by atoms with Crippen molar-refractivity contribution in [3.05, 3.63) is 29.8 Å². The van der Waals surface area contributed by atoms with Crippen LogP contribution in [0.15, 0.2) is 29.4 Å². The molecule has 1 fully saturated rings. The van der Waals surface area contributed by atoms with Gasteiger partial charge in [0.2, 0.25) is 5.91 Å². The third-order valence-corrected chi connectivity index (χ3v) is 4.10. The third-order valence-electron chi connectivity index (χ3n) is 4.10. The summed E-state index contributed by atoms with van der Waals surface area (Å²) in [5, 5.41) is 6.94. The monoisotopic (exact) mass is 357 g/mol. The zero-order chi connectivity index (χ0) is 19.3. The molecule has 1 aliphatic carbocycles. The SMILES string of the molecule is CC(C)CC(=O)Nc1ccc(C(=O)N/N=C2/CC(=O)CC(C)(C)C2)cc1. The molecule has 6 nitrogen and oxygen atoms in total. The molecule has 0 atom stereocenters. The number of carbonyl (C=O) groups is 3. The van der Waals surface area contributed by atoms with E-state index in [4.69, 9.17) is 0 Å². The fourth-order valence-electron chi connectivity index (χ4n) is 3.06. The Labute approximate surface area is 154 Å². The number of benzene rings is 1. The molecule has 1 aromatic rings. The number of anilines is 1. The van der Waals surface area contributed by atoms with Crippen molar-refractivity contribution >= 4 is 29.0 Å². The zero-order valence-corrected chi connectivity index (χ0v) is 15.9. The highest BCUT2D eigenvalue weighted by Gasteiger charge is 2.30. The van der Waals surface area contributed by atoms with Gasteiger partial charge in [-0.15, -0.1) is 0 Å². The molecular weight excluding hydrogens is 330 g/mol. The van der Waals surface area contributed by atoms with E-state index in [0.717, 1.165) is 0 Å². The third kappa shape index (κ3) is 6.10. The van der Waals surface area contributed by atoms with Crippen molar-refractivity contribution < 1.29 is 14.4 Å². The number of carbonyl (C=O) groups excluding carboxylic acids is 3. The maximum atomic E-state index is 12.2. The first kappa shape index (κ1) is 19.8. The van der Waals surface area contributed by atoms with Crippen LogP contribution in [0.5, 0.6) is 0 Å². The summed E-state index contributed by atoms with van der Waals surface area (Å²) in [6.45, 7) is 8.01. The molecule has 0 aromatic heterocycles. The zero-order valence-electron chi connectivity index (χ0n) is 15.9. The summed E-state index contributed by atoms with van der Waals surface area (Å²) in [5.41, 5.74) is 4.21. The Morgan fingerprint density at radius 2 is 1.81 bits per heavy atom. The molecule has 6 heteroatoms. The average molecular weight is 357 g/mol. The van der Waals surface area contributed by atoms with Crippen molar-refractivity contribution in [3.8, 4) is 0 Å². The van der Waals surface area contributed by atoms with Gasteiger partial charge in [-0.3, -0.25) is 14.4 Å². The lowest BCUT2D eigenvalue weighted by molar-refractivity contribution is -0.120. The van der Waals surface area contributed by atoms with Crippen molar-refractivity contribution in [1.82, 2.24) is 5.43 Å². The van der Waals surface area contributed by atoms with E-state index in [1.807, 2.05) is 27.7 Å². The van der Waals surface area contributed by atoms with Crippen LogP contribution in [0.1, 0.15) is 63.7 Å². The van der Waals surface area contributed by atoms with E-state index in [1.54, 1.807) is 24.3 Å². The smallest absolute Gasteiger partial charge is 0.271 e. The topological polar surface area (TPSA) is 87.6 Å². The first-order valence-electron chi connectivity index (χ1n) is 8.92. The van der Waals surface area contributed by atoms with Crippen LogP contribution >= 0.6 is 0 Å². The molecule has 2 N–H and O–H groups in total. The summed E-state index contributed by atoms with van der Waals surface area (Å²) in [6, 6.07) is 6.65. The Bertz CT molecular complexity index is 718. The number of rotatable bonds is 5. The fraction of sp³-hybridized carbons (Fsp3) is 0.500. The second-order valence-corrected chi connectivity index (χ2v) is 8.08. The number of nitrogens with one attached hydrogen (secondary N) is 2. The standard InChI is InChI=1S/C20H27N3O3/c1-13(2)9-18(25)21-15-7-5-14(6-8-15)19(26)23-22-16-10-17(24)12-20(3,4)11-16/h5-8,13H,9-12H2,1-4H3,(H,21,25)(H,23,26)/b22-16-. The molecule has 0 saturated heterocycles. The Morgan fingerprint density at radius 1 is 1.15 bits per heavy atom. The number of hydrogen-bond donors (Lipinski definition) is 2. The molecule has 0 spiro atoms. The number of hydrogen-bond acceptors (Lipinski definition) is 4. The van der Waals surface area contributed by atoms with Gasteiger partial charge in [-0.05, 0) is 42.0 Å². The molecule has 1 aromatic carbocycles. The van der Waals surface area contributed by atoms with E-state index in [0.29, 0.717) is 42.6 Å². The first-order valence-corrected chi connectivity index (χ1v) is 8.92. The highest BCUT2D eigenvalue weighted by atomic mass is 16.2. The second-order valence-electron chi connectivity index (χ2n) is 8.08. The summed E-state index contributed by atoms with van der Waals surface area (Å²) in [4.78, 5) is 35.7. The van der Waals surface area contributed by atoms with Crippen molar-refractivity contribution in [2.75, 3.05) is 5.32 Å². The molecule has 2 amide bonds. The fourth-order valence-corrected chi connectivity index (χ4v) is 3.06. The van der Waals surface area contributed by atoms with Gasteiger partial charge in [-0.2, -0.15) is 5.10 Å². The van der Waals surface area contributed by atoms with Crippen molar-refractivity contribution in [1.29, 1.82) is 0 Å². The Morgan fingerprint density at radius 3 is 2.38 bits per heavy atom. The van der Waals surface area contributed by atoms with Gasteiger partial charge in [0.25, 0.3) is 5.91 Å². The van der Waals surface area contributed by atoms with Crippen LogP contribution in [0.25, 0.3) is 0 Å². The summed E-state index contributed by atoms with van der Waals surface area (Å²) in [6.07, 6.45) is 1.99. The molecule has 26 heavy (non-hydrogen) atoms. The van der Waals surface area contributed by atoms with E-state index in [1.165, 1.54) is 0 Å². The number of nitrogens with zero attached hydrogens (tertiary/aromatic N) is 1. The Kier molecular flexibility index (Phi) is 6.29. The maximum absolute atomic E-state index is 12.2. The van der Waals surface area contributed by atoms with E-state index >= 15 is 0 Å². The first-order chi connectivity index (χ1) is 12.1. The van der Waals surface area contributed by atoms with Gasteiger partial charge in [-0.1, -0.05) is 27.7 Å². The molecule has 0 unspecified atom stereocenters. The predicted octanol–water partition coefficient (Wildman–Crippen LogP) is 3.54. The van der Waals surface area contributed by atoms with Crippen LogP contribution < -0.4 is 10.7 Å². The molecule has 0 bridgehead atoms. The summed E-state index contributed by atoms with van der Waals surface area (Å²) in [7, 11) is 0. The van der Waals surface area contributed by atoms with E-state index < -0.39 is 0 Å². The van der Waals surface area contributed by atoms with Gasteiger partial charge < -0.3 is 5.32 Å². The van der Waals surface area contributed by atoms with Crippen molar-refractivity contribution in [3.63, 3.8) is 0 Å². The molecule has 0 aliphatic heterocycles. The van der Waals surface area contributed by atoms with Gasteiger partial charge in [0, 0.05) is 36.2 Å². The van der Waals surface area contributed by atoms with E-state index in [2.05, 4.69) is 15.8 Å². The Balaban J connectivity index is 1.94. The second kappa shape index (κ2) is 8.25. The molecule has 1 aliphatic rings. The molecule has 2 rings (SSSR count). The minimum absolute atomic E-state index is 0.0480. The molecule has 0 heterocycles. The van der Waals surface area contributed by atoms with Crippen LogP contribution in [0.4, 0.5) is 5.69 Å². The van der Waals surface area contributed by atoms with E-state index in [-0.39, 0.29) is 28.9 Å². The lowest BCUT2D eigenvalue weighted by atomic mass is 9.76. The normalized spacial score (nSPS) is 18.0. The van der Waals surface area contributed by atoms with Crippen LogP contribution in [0, 0.1) is 11.3 Å². The van der Waals surface area contributed by atoms with Gasteiger partial charge in [0.05, 0.1) is 0 Å². The van der Waals surface area contributed by atoms with Crippen LogP contribution in [0.3, 0.4) is 0 Å². The molecule has 1 saturated carbocycles. The molecule has 0 radical (unpaired) electrons. The lowest BCUT2D eigenvalue weighted by Crippen LogP contribution is -2.31. The van der Waals surface area contributed by atoms with E-state index in [9.17, 15) is 14.4 Å². The number of amides is 2. The highest BCUT2D eigenvalue weighted by molar-refractivity contribution is 6.05. The number of ketones is 1. The summed E-state index contributed by atoms with van der Waals surface area (Å²) >= 11 is 0. The number of hydrazone groups is 1. The largest absolute Gasteiger partial charge is 0.326 e. The van der Waals surface area contributed by atoms with Crippen LogP contribution in [0.2, 0.25) is 0 Å². The Hall–Kier alpha value is -2.50. The average Bonchev–Trinajstić information content (AvgIpc) is 2.50. The van der Waals surface area contributed by atoms with Gasteiger partial charge in [0.15, 0.2) is 0 Å². The summed E-state index contributed by atoms with van der Waals surface area (Å²) < 4.78 is 0.